The SMILES string of the molecule is CC(C)c1ccccc1.N.[Zr]. The Morgan fingerprint density at radius 1 is 1.00 bits per heavy atom. The predicted octanol–water partition coefficient (Wildman–Crippen LogP) is 2.97. The summed E-state index contributed by atoms with van der Waals surface area (Å²) >= 11 is 0. The summed E-state index contributed by atoms with van der Waals surface area (Å²) in [6, 6.07) is 10.5. The molecule has 0 radical (unpaired) electrons. The molecule has 60 valence electrons. The van der Waals surface area contributed by atoms with Crippen molar-refractivity contribution in [2.75, 3.05) is 0 Å². The van der Waals surface area contributed by atoms with Gasteiger partial charge in [-0.05, 0) is 11.5 Å². The topological polar surface area (TPSA) is 35.0 Å². The van der Waals surface area contributed by atoms with Gasteiger partial charge < -0.3 is 6.15 Å². The summed E-state index contributed by atoms with van der Waals surface area (Å²) in [5.41, 5.74) is 1.41. The van der Waals surface area contributed by atoms with Crippen LogP contribution < -0.4 is 6.15 Å². The second-order valence-electron chi connectivity index (χ2n) is 2.57. The molecule has 0 aromatic heterocycles. The molecule has 1 rings (SSSR count). The van der Waals surface area contributed by atoms with Crippen LogP contribution in [0.1, 0.15) is 25.3 Å². The van der Waals surface area contributed by atoms with Gasteiger partial charge in [0, 0.05) is 26.2 Å². The summed E-state index contributed by atoms with van der Waals surface area (Å²) < 4.78 is 0. The Kier molecular flexibility index (Phi) is 8.37. The minimum absolute atomic E-state index is 0. The number of benzene rings is 1. The molecule has 0 fully saturated rings. The first-order chi connectivity index (χ1) is 4.30. The van der Waals surface area contributed by atoms with Gasteiger partial charge in [-0.2, -0.15) is 0 Å². The fourth-order valence-electron chi connectivity index (χ4n) is 0.838. The molecule has 1 aromatic rings. The second-order valence-corrected chi connectivity index (χ2v) is 2.57. The van der Waals surface area contributed by atoms with E-state index in [2.05, 4.69) is 38.1 Å². The van der Waals surface area contributed by atoms with Crippen LogP contribution in [0.3, 0.4) is 0 Å². The molecular formula is C9H15NZr. The first kappa shape index (κ1) is 13.6. The Bertz CT molecular complexity index is 172. The van der Waals surface area contributed by atoms with E-state index in [9.17, 15) is 0 Å². The molecule has 0 bridgehead atoms. The van der Waals surface area contributed by atoms with Gasteiger partial charge in [0.1, 0.15) is 0 Å². The molecule has 0 saturated carbocycles. The fraction of sp³-hybridized carbons (Fsp3) is 0.333. The minimum Gasteiger partial charge on any atom is -0.344 e. The molecule has 0 amide bonds. The smallest absolute Gasteiger partial charge is 0 e. The van der Waals surface area contributed by atoms with Crippen molar-refractivity contribution in [3.63, 3.8) is 0 Å². The molecule has 1 nitrogen and oxygen atoms in total. The molecule has 0 unspecified atom stereocenters. The van der Waals surface area contributed by atoms with Gasteiger partial charge in [-0.25, -0.2) is 0 Å². The standard InChI is InChI=1S/C9H12.H3N.Zr/c1-8(2)9-6-4-3-5-7-9;;/h3-8H,1-2H3;1H3;. The maximum Gasteiger partial charge on any atom is 0 e. The van der Waals surface area contributed by atoms with Gasteiger partial charge in [-0.15, -0.1) is 0 Å². The van der Waals surface area contributed by atoms with E-state index in [1.807, 2.05) is 6.07 Å². The Morgan fingerprint density at radius 3 is 1.73 bits per heavy atom. The quantitative estimate of drug-likeness (QED) is 0.788. The Balaban J connectivity index is 0. The van der Waals surface area contributed by atoms with Crippen molar-refractivity contribution in [1.82, 2.24) is 6.15 Å². The van der Waals surface area contributed by atoms with Crippen molar-refractivity contribution in [3.8, 4) is 0 Å². The number of hydrogen-bond donors (Lipinski definition) is 1. The minimum atomic E-state index is 0. The average molecular weight is 228 g/mol. The molecule has 2 heteroatoms. The van der Waals surface area contributed by atoms with E-state index in [1.54, 1.807) is 0 Å². The molecule has 0 aliphatic rings. The zero-order chi connectivity index (χ0) is 6.69. The van der Waals surface area contributed by atoms with E-state index in [0.717, 1.165) is 0 Å². The van der Waals surface area contributed by atoms with Crippen LogP contribution >= 0.6 is 0 Å². The molecular weight excluding hydrogens is 213 g/mol. The van der Waals surface area contributed by atoms with E-state index >= 15 is 0 Å². The maximum absolute atomic E-state index is 2.20. The monoisotopic (exact) mass is 227 g/mol. The van der Waals surface area contributed by atoms with Gasteiger partial charge >= 0.3 is 0 Å². The van der Waals surface area contributed by atoms with Crippen molar-refractivity contribution in [2.24, 2.45) is 0 Å². The molecule has 0 atom stereocenters. The average Bonchev–Trinajstić information content (AvgIpc) is 1.90. The van der Waals surface area contributed by atoms with Gasteiger partial charge in [-0.3, -0.25) is 0 Å². The van der Waals surface area contributed by atoms with Crippen LogP contribution in [0, 0.1) is 0 Å². The van der Waals surface area contributed by atoms with Crippen LogP contribution in [0.5, 0.6) is 0 Å². The largest absolute Gasteiger partial charge is 0.344 e. The van der Waals surface area contributed by atoms with Crippen molar-refractivity contribution in [3.05, 3.63) is 35.9 Å². The summed E-state index contributed by atoms with van der Waals surface area (Å²) in [7, 11) is 0. The molecule has 0 aliphatic carbocycles. The first-order valence-electron chi connectivity index (χ1n) is 3.35. The zero-order valence-electron chi connectivity index (χ0n) is 7.17. The van der Waals surface area contributed by atoms with Gasteiger partial charge in [-0.1, -0.05) is 44.2 Å². The van der Waals surface area contributed by atoms with Gasteiger partial charge in [0.15, 0.2) is 0 Å². The summed E-state index contributed by atoms with van der Waals surface area (Å²) in [6.45, 7) is 4.41. The summed E-state index contributed by atoms with van der Waals surface area (Å²) in [5, 5.41) is 0. The van der Waals surface area contributed by atoms with Crippen LogP contribution in [0.4, 0.5) is 0 Å². The molecule has 0 spiro atoms. The summed E-state index contributed by atoms with van der Waals surface area (Å²) in [4.78, 5) is 0. The van der Waals surface area contributed by atoms with Gasteiger partial charge in [0.25, 0.3) is 0 Å². The third-order valence-corrected chi connectivity index (χ3v) is 1.47. The van der Waals surface area contributed by atoms with E-state index in [1.165, 1.54) is 5.56 Å². The van der Waals surface area contributed by atoms with Gasteiger partial charge in [0.05, 0.1) is 0 Å². The van der Waals surface area contributed by atoms with Crippen molar-refractivity contribution < 1.29 is 26.2 Å². The molecule has 0 aliphatic heterocycles. The van der Waals surface area contributed by atoms with Crippen LogP contribution in [0.15, 0.2) is 30.3 Å². The summed E-state index contributed by atoms with van der Waals surface area (Å²) in [5.74, 6) is 0.659. The van der Waals surface area contributed by atoms with Crippen LogP contribution in [0.2, 0.25) is 0 Å². The van der Waals surface area contributed by atoms with E-state index < -0.39 is 0 Å². The van der Waals surface area contributed by atoms with Crippen molar-refractivity contribution in [2.45, 2.75) is 19.8 Å². The van der Waals surface area contributed by atoms with Crippen LogP contribution in [-0.4, -0.2) is 0 Å². The molecule has 3 N–H and O–H groups in total. The second kappa shape index (κ2) is 6.75. The van der Waals surface area contributed by atoms with Crippen molar-refractivity contribution in [1.29, 1.82) is 0 Å². The Morgan fingerprint density at radius 2 is 1.45 bits per heavy atom. The Labute approximate surface area is 87.9 Å². The molecule has 0 saturated heterocycles. The third-order valence-electron chi connectivity index (χ3n) is 1.47. The van der Waals surface area contributed by atoms with E-state index in [0.29, 0.717) is 5.92 Å². The van der Waals surface area contributed by atoms with E-state index in [-0.39, 0.29) is 32.4 Å². The van der Waals surface area contributed by atoms with Crippen LogP contribution in [-0.2, 0) is 26.2 Å². The van der Waals surface area contributed by atoms with E-state index in [4.69, 9.17) is 0 Å². The molecule has 1 aromatic carbocycles. The maximum atomic E-state index is 2.20. The summed E-state index contributed by atoms with van der Waals surface area (Å²) in [6.07, 6.45) is 0. The van der Waals surface area contributed by atoms with Crippen LogP contribution in [0.25, 0.3) is 0 Å². The Hall–Kier alpha value is 0.0631. The molecule has 11 heavy (non-hydrogen) atoms. The predicted molar refractivity (Wildman–Crippen MR) is 45.6 cm³/mol. The number of rotatable bonds is 1. The fourth-order valence-corrected chi connectivity index (χ4v) is 0.838. The number of hydrogen-bond acceptors (Lipinski definition) is 1. The molecule has 0 heterocycles. The van der Waals surface area contributed by atoms with Crippen molar-refractivity contribution >= 4 is 0 Å². The normalized spacial score (nSPS) is 8.27. The third kappa shape index (κ3) is 4.50. The first-order valence-corrected chi connectivity index (χ1v) is 3.35. The zero-order valence-corrected chi connectivity index (χ0v) is 9.63. The van der Waals surface area contributed by atoms with Gasteiger partial charge in [0.2, 0.25) is 0 Å².